The Bertz CT molecular complexity index is 1500. The fourth-order valence-corrected chi connectivity index (χ4v) is 3.83. The van der Waals surface area contributed by atoms with Crippen molar-refractivity contribution < 1.29 is 5.11 Å². The van der Waals surface area contributed by atoms with Gasteiger partial charge in [0, 0.05) is 48.7 Å². The van der Waals surface area contributed by atoms with Gasteiger partial charge in [0.15, 0.2) is 0 Å². The average molecular weight is 420 g/mol. The van der Waals surface area contributed by atoms with Gasteiger partial charge in [0.1, 0.15) is 17.4 Å². The van der Waals surface area contributed by atoms with Crippen LogP contribution in [0.2, 0.25) is 0 Å². The number of nitrogens with zero attached hydrogens (tertiary/aromatic N) is 4. The van der Waals surface area contributed by atoms with E-state index in [1.807, 2.05) is 67.1 Å². The normalized spacial score (nSPS) is 13.5. The second-order valence-electron chi connectivity index (χ2n) is 7.82. The highest BCUT2D eigenvalue weighted by Gasteiger charge is 2.11. The SMILES string of the molecule is CN1C=CN(c2ccc3nc(-c4ccc5nc(-c6ccc(O)cc6)[nH]c5c4)[nH]c3c2)C=C1. The van der Waals surface area contributed by atoms with Crippen molar-refractivity contribution in [1.82, 2.24) is 24.8 Å². The summed E-state index contributed by atoms with van der Waals surface area (Å²) in [6.07, 6.45) is 8.07. The first kappa shape index (κ1) is 18.3. The number of aromatic amines is 2. The number of hydrogen-bond donors (Lipinski definition) is 3. The number of nitrogens with one attached hydrogen (secondary N) is 2. The fourth-order valence-electron chi connectivity index (χ4n) is 3.83. The van der Waals surface area contributed by atoms with Crippen molar-refractivity contribution in [1.29, 1.82) is 0 Å². The van der Waals surface area contributed by atoms with E-state index in [-0.39, 0.29) is 5.75 Å². The summed E-state index contributed by atoms with van der Waals surface area (Å²) in [5.41, 5.74) is 6.67. The highest BCUT2D eigenvalue weighted by molar-refractivity contribution is 5.87. The van der Waals surface area contributed by atoms with Crippen molar-refractivity contribution in [2.24, 2.45) is 0 Å². The fraction of sp³-hybridized carbons (Fsp3) is 0.0400. The highest BCUT2D eigenvalue weighted by Crippen LogP contribution is 2.28. The van der Waals surface area contributed by atoms with Gasteiger partial charge >= 0.3 is 0 Å². The molecule has 0 radical (unpaired) electrons. The van der Waals surface area contributed by atoms with Crippen LogP contribution in [0.1, 0.15) is 0 Å². The molecular weight excluding hydrogens is 400 g/mol. The lowest BCUT2D eigenvalue weighted by Gasteiger charge is -2.22. The molecule has 0 saturated carbocycles. The smallest absolute Gasteiger partial charge is 0.138 e. The van der Waals surface area contributed by atoms with Crippen LogP contribution < -0.4 is 4.90 Å². The molecule has 32 heavy (non-hydrogen) atoms. The molecule has 5 aromatic rings. The Kier molecular flexibility index (Phi) is 4.01. The first-order chi connectivity index (χ1) is 15.6. The highest BCUT2D eigenvalue weighted by atomic mass is 16.3. The molecule has 6 rings (SSSR count). The van der Waals surface area contributed by atoms with Gasteiger partial charge in [-0.1, -0.05) is 0 Å². The number of phenols is 1. The Morgan fingerprint density at radius 3 is 2.00 bits per heavy atom. The Labute approximate surface area is 184 Å². The number of phenolic OH excluding ortho intramolecular Hbond substituents is 1. The third kappa shape index (κ3) is 3.16. The summed E-state index contributed by atoms with van der Waals surface area (Å²) in [6, 6.07) is 19.3. The predicted molar refractivity (Wildman–Crippen MR) is 127 cm³/mol. The van der Waals surface area contributed by atoms with Gasteiger partial charge in [0.25, 0.3) is 0 Å². The molecule has 0 amide bonds. The number of benzene rings is 3. The molecule has 1 aliphatic heterocycles. The van der Waals surface area contributed by atoms with Crippen molar-refractivity contribution in [2.45, 2.75) is 0 Å². The zero-order valence-corrected chi connectivity index (χ0v) is 17.3. The molecule has 3 aromatic carbocycles. The lowest BCUT2D eigenvalue weighted by Crippen LogP contribution is -2.15. The van der Waals surface area contributed by atoms with E-state index < -0.39 is 0 Å². The van der Waals surface area contributed by atoms with Crippen molar-refractivity contribution in [3.05, 3.63) is 85.5 Å². The van der Waals surface area contributed by atoms with E-state index in [4.69, 9.17) is 4.98 Å². The van der Waals surface area contributed by atoms with Crippen LogP contribution in [0.4, 0.5) is 5.69 Å². The minimum Gasteiger partial charge on any atom is -0.508 e. The van der Waals surface area contributed by atoms with Gasteiger partial charge in [-0.05, 0) is 60.7 Å². The molecule has 0 atom stereocenters. The summed E-state index contributed by atoms with van der Waals surface area (Å²) < 4.78 is 0. The molecular formula is C25H20N6O. The van der Waals surface area contributed by atoms with Gasteiger partial charge < -0.3 is 24.9 Å². The van der Waals surface area contributed by atoms with Crippen LogP contribution in [-0.4, -0.2) is 37.0 Å². The molecule has 7 nitrogen and oxygen atoms in total. The van der Waals surface area contributed by atoms with Gasteiger partial charge in [-0.15, -0.1) is 0 Å². The third-order valence-corrected chi connectivity index (χ3v) is 5.58. The number of aromatic hydroxyl groups is 1. The Hall–Kier alpha value is -4.52. The summed E-state index contributed by atoms with van der Waals surface area (Å²) in [7, 11) is 2.00. The van der Waals surface area contributed by atoms with E-state index in [9.17, 15) is 5.11 Å². The topological polar surface area (TPSA) is 84.1 Å². The summed E-state index contributed by atoms with van der Waals surface area (Å²) in [5.74, 6) is 1.81. The average Bonchev–Trinajstić information content (AvgIpc) is 3.43. The number of fused-ring (bicyclic) bond motifs is 2. The van der Waals surface area contributed by atoms with E-state index in [0.717, 1.165) is 50.5 Å². The van der Waals surface area contributed by atoms with Crippen LogP contribution in [-0.2, 0) is 0 Å². The van der Waals surface area contributed by atoms with E-state index in [1.165, 1.54) is 0 Å². The molecule has 7 heteroatoms. The standard InChI is InChI=1S/C25H20N6O/c1-30-10-12-31(13-11-30)18-5-9-21-23(15-18)29-25(27-21)17-4-8-20-22(14-17)28-24(26-20)16-2-6-19(32)7-3-16/h2-15,32H,1H3,(H,26,28)(H,27,29). The van der Waals surface area contributed by atoms with E-state index in [0.29, 0.717) is 0 Å². The molecule has 3 heterocycles. The minimum atomic E-state index is 0.236. The number of rotatable bonds is 3. The zero-order chi connectivity index (χ0) is 21.7. The third-order valence-electron chi connectivity index (χ3n) is 5.58. The molecule has 0 spiro atoms. The number of anilines is 1. The summed E-state index contributed by atoms with van der Waals surface area (Å²) in [5, 5.41) is 9.52. The zero-order valence-electron chi connectivity index (χ0n) is 17.3. The van der Waals surface area contributed by atoms with Gasteiger partial charge in [-0.2, -0.15) is 0 Å². The predicted octanol–water partition coefficient (Wildman–Crippen LogP) is 5.17. The summed E-state index contributed by atoms with van der Waals surface area (Å²) in [6.45, 7) is 0. The van der Waals surface area contributed by atoms with Gasteiger partial charge in [0.2, 0.25) is 0 Å². The largest absolute Gasteiger partial charge is 0.508 e. The summed E-state index contributed by atoms with van der Waals surface area (Å²) >= 11 is 0. The van der Waals surface area contributed by atoms with Crippen molar-refractivity contribution in [3.63, 3.8) is 0 Å². The number of H-pyrrole nitrogens is 2. The Balaban J connectivity index is 1.35. The van der Waals surface area contributed by atoms with Gasteiger partial charge in [-0.25, -0.2) is 9.97 Å². The van der Waals surface area contributed by atoms with Crippen LogP contribution in [0.15, 0.2) is 85.5 Å². The second-order valence-corrected chi connectivity index (χ2v) is 7.82. The van der Waals surface area contributed by atoms with E-state index >= 15 is 0 Å². The van der Waals surface area contributed by atoms with Crippen molar-refractivity contribution in [3.8, 4) is 28.5 Å². The van der Waals surface area contributed by atoms with Gasteiger partial charge in [-0.3, -0.25) is 0 Å². The summed E-state index contributed by atoms with van der Waals surface area (Å²) in [4.78, 5) is 20.3. The van der Waals surface area contributed by atoms with Crippen molar-refractivity contribution in [2.75, 3.05) is 11.9 Å². The number of imidazole rings is 2. The van der Waals surface area contributed by atoms with E-state index in [2.05, 4.69) is 38.1 Å². The quantitative estimate of drug-likeness (QED) is 0.375. The van der Waals surface area contributed by atoms with E-state index in [1.54, 1.807) is 12.1 Å². The molecule has 1 aliphatic rings. The molecule has 2 aromatic heterocycles. The maximum atomic E-state index is 9.52. The number of hydrogen-bond acceptors (Lipinski definition) is 5. The molecule has 3 N–H and O–H groups in total. The van der Waals surface area contributed by atoms with Gasteiger partial charge in [0.05, 0.1) is 22.1 Å². The van der Waals surface area contributed by atoms with Crippen LogP contribution >= 0.6 is 0 Å². The lowest BCUT2D eigenvalue weighted by molar-refractivity contribution is 0.475. The molecule has 0 saturated heterocycles. The minimum absolute atomic E-state index is 0.236. The number of aromatic nitrogens is 4. The lowest BCUT2D eigenvalue weighted by atomic mass is 10.2. The Morgan fingerprint density at radius 2 is 1.28 bits per heavy atom. The van der Waals surface area contributed by atoms with Crippen LogP contribution in [0, 0.1) is 0 Å². The molecule has 0 unspecified atom stereocenters. The maximum absolute atomic E-state index is 9.52. The first-order valence-electron chi connectivity index (χ1n) is 10.3. The molecule has 0 aliphatic carbocycles. The maximum Gasteiger partial charge on any atom is 0.138 e. The molecule has 0 bridgehead atoms. The van der Waals surface area contributed by atoms with Crippen LogP contribution in [0.25, 0.3) is 44.8 Å². The monoisotopic (exact) mass is 420 g/mol. The van der Waals surface area contributed by atoms with Crippen LogP contribution in [0.5, 0.6) is 5.75 Å². The second kappa shape index (κ2) is 7.02. The molecule has 156 valence electrons. The Morgan fingerprint density at radius 1 is 0.688 bits per heavy atom. The van der Waals surface area contributed by atoms with Crippen LogP contribution in [0.3, 0.4) is 0 Å². The first-order valence-corrected chi connectivity index (χ1v) is 10.3. The van der Waals surface area contributed by atoms with Crippen molar-refractivity contribution >= 4 is 27.8 Å². The molecule has 0 fully saturated rings.